The van der Waals surface area contributed by atoms with E-state index in [1.54, 1.807) is 23.1 Å². The molecule has 0 bridgehead atoms. The Hall–Kier alpha value is -6.13. The van der Waals surface area contributed by atoms with E-state index in [2.05, 4.69) is 67.0 Å². The van der Waals surface area contributed by atoms with Gasteiger partial charge in [-0.15, -0.1) is 0 Å². The van der Waals surface area contributed by atoms with Crippen molar-refractivity contribution in [1.29, 1.82) is 5.26 Å². The molecule has 370 valence electrons. The van der Waals surface area contributed by atoms with E-state index >= 15 is 0 Å². The maximum absolute atomic E-state index is 13.9. The summed E-state index contributed by atoms with van der Waals surface area (Å²) in [7, 11) is 1.89. The fourth-order valence-corrected chi connectivity index (χ4v) is 8.22. The third-order valence-electron chi connectivity index (χ3n) is 11.5. The molecular formula is C43H57F2N11O10S2. The third kappa shape index (κ3) is 16.3. The van der Waals surface area contributed by atoms with Gasteiger partial charge in [-0.25, -0.2) is 8.78 Å². The molecule has 5 atom stereocenters. The smallest absolute Gasteiger partial charge is 0.303 e. The number of anilines is 1. The number of hydrogen-bond donors (Lipinski definition) is 9. The Bertz CT molecular complexity index is 2240. The van der Waals surface area contributed by atoms with Gasteiger partial charge in [-0.2, -0.15) is 30.5 Å². The molecule has 2 aliphatic rings. The Balaban J connectivity index is 1.21. The van der Waals surface area contributed by atoms with Crippen LogP contribution in [0, 0.1) is 23.2 Å². The van der Waals surface area contributed by atoms with E-state index in [1.165, 1.54) is 19.2 Å². The molecule has 2 heterocycles. The molecule has 7 amide bonds. The SMILES string of the molecule is CC(=O)N[C@@H](CS)C(=O)NCC(=O)N[C@@H](CS)C(=O)N[C@@H](CCC(=O)O)C(=O)NCC(=O)N1CCN(CCCN(C)c2ccc3nccc(C(=O)NCC(=O)C4CC(F)(F)C[C@H]4C#N)c3c2)CC1. The first-order valence-corrected chi connectivity index (χ1v) is 23.1. The van der Waals surface area contributed by atoms with Crippen LogP contribution in [0.25, 0.3) is 10.9 Å². The number of carboxylic acids is 1. The number of carbonyl (C=O) groups excluding carboxylic acids is 8. The van der Waals surface area contributed by atoms with Gasteiger partial charge >= 0.3 is 5.97 Å². The summed E-state index contributed by atoms with van der Waals surface area (Å²) in [6.07, 6.45) is -0.0412. The molecule has 4 rings (SSSR count). The van der Waals surface area contributed by atoms with E-state index in [-0.39, 0.29) is 23.5 Å². The van der Waals surface area contributed by atoms with Crippen LogP contribution < -0.4 is 36.8 Å². The van der Waals surface area contributed by atoms with Crippen LogP contribution in [0.4, 0.5) is 14.5 Å². The second-order valence-corrected chi connectivity index (χ2v) is 17.2. The van der Waals surface area contributed by atoms with Crippen LogP contribution in [0.1, 0.15) is 49.4 Å². The van der Waals surface area contributed by atoms with Crippen LogP contribution in [0.3, 0.4) is 0 Å². The average Bonchev–Trinajstić information content (AvgIpc) is 3.64. The number of alkyl halides is 2. The summed E-state index contributed by atoms with van der Waals surface area (Å²) >= 11 is 8.09. The third-order valence-corrected chi connectivity index (χ3v) is 12.2. The maximum Gasteiger partial charge on any atom is 0.303 e. The quantitative estimate of drug-likeness (QED) is 0.0578. The van der Waals surface area contributed by atoms with Gasteiger partial charge in [0.1, 0.15) is 18.1 Å². The monoisotopic (exact) mass is 989 g/mol. The minimum Gasteiger partial charge on any atom is -0.481 e. The number of Topliss-reactive ketones (excluding diaryl/α,β-unsaturated/α-hetero) is 1. The van der Waals surface area contributed by atoms with Crippen molar-refractivity contribution in [2.75, 3.05) is 82.4 Å². The van der Waals surface area contributed by atoms with Gasteiger partial charge in [0, 0.05) is 101 Å². The lowest BCUT2D eigenvalue weighted by Gasteiger charge is -2.35. The highest BCUT2D eigenvalue weighted by molar-refractivity contribution is 7.80. The molecule has 68 heavy (non-hydrogen) atoms. The molecule has 1 unspecified atom stereocenters. The van der Waals surface area contributed by atoms with Crippen LogP contribution in [-0.2, 0) is 38.4 Å². The largest absolute Gasteiger partial charge is 0.481 e. The zero-order valence-corrected chi connectivity index (χ0v) is 39.4. The topological polar surface area (TPSA) is 292 Å². The van der Waals surface area contributed by atoms with Crippen LogP contribution in [0.2, 0.25) is 0 Å². The van der Waals surface area contributed by atoms with Gasteiger partial charge < -0.3 is 46.8 Å². The van der Waals surface area contributed by atoms with Gasteiger partial charge in [-0.1, -0.05) is 0 Å². The number of nitriles is 1. The molecule has 0 spiro atoms. The Morgan fingerprint density at radius 2 is 1.54 bits per heavy atom. The van der Waals surface area contributed by atoms with Crippen molar-refractivity contribution < 1.29 is 57.0 Å². The normalized spacial score (nSPS) is 17.9. The number of fused-ring (bicyclic) bond motifs is 1. The van der Waals surface area contributed by atoms with Crippen molar-refractivity contribution in [1.82, 2.24) is 46.7 Å². The summed E-state index contributed by atoms with van der Waals surface area (Å²) < 4.78 is 27.8. The van der Waals surface area contributed by atoms with Crippen LogP contribution in [0.5, 0.6) is 0 Å². The average molecular weight is 990 g/mol. The Kier molecular flexibility index (Phi) is 20.7. The first-order chi connectivity index (χ1) is 32.2. The predicted molar refractivity (Wildman–Crippen MR) is 249 cm³/mol. The molecule has 1 aromatic carbocycles. The fourth-order valence-electron chi connectivity index (χ4n) is 7.71. The van der Waals surface area contributed by atoms with Gasteiger partial charge in [-0.05, 0) is 43.7 Å². The highest BCUT2D eigenvalue weighted by atomic mass is 32.1. The first kappa shape index (κ1) is 54.5. The number of piperazine rings is 1. The zero-order valence-electron chi connectivity index (χ0n) is 37.6. The van der Waals surface area contributed by atoms with Crippen molar-refractivity contribution >= 4 is 95.0 Å². The number of nitrogens with zero attached hydrogens (tertiary/aromatic N) is 5. The minimum atomic E-state index is -3.11. The maximum atomic E-state index is 13.9. The standard InChI is InChI=1S/C43H57F2N11O10S2/c1-25(57)51-33(23-67)41(65)49-21-36(59)52-34(24-68)42(66)53-32(6-7-38(61)62)40(64)50-22-37(60)56-14-12-55(13-15-56)11-3-10-54(2)27-4-5-31-29(16-27)28(8-9-47-31)39(63)48-20-35(58)30-18-43(44,45)17-26(30)19-46/h4-5,8-9,16,26,30,32-34,67-68H,3,6-7,10-15,17-18,20-24H2,1-2H3,(H,48,63)(H,49,65)(H,50,64)(H,51,57)(H,52,59)(H,53,66)(H,61,62)/t26-,30?,32-,33-,34-/m0/s1. The molecule has 1 saturated heterocycles. The molecule has 1 saturated carbocycles. The Labute approximate surface area is 402 Å². The van der Waals surface area contributed by atoms with Crippen LogP contribution in [-0.4, -0.2) is 174 Å². The number of benzene rings is 1. The molecule has 1 aliphatic heterocycles. The van der Waals surface area contributed by atoms with E-state index in [4.69, 9.17) is 0 Å². The number of hydrogen-bond acceptors (Lipinski definition) is 15. The summed E-state index contributed by atoms with van der Waals surface area (Å²) in [5, 5.41) is 33.5. The Morgan fingerprint density at radius 3 is 2.19 bits per heavy atom. The van der Waals surface area contributed by atoms with Crippen molar-refractivity contribution in [3.05, 3.63) is 36.0 Å². The number of thiol groups is 2. The summed E-state index contributed by atoms with van der Waals surface area (Å²) in [5.41, 5.74) is 1.57. The molecule has 25 heteroatoms. The number of carboxylic acid groups (broad SMARTS) is 1. The molecule has 0 radical (unpaired) electrons. The summed E-state index contributed by atoms with van der Waals surface area (Å²) in [4.78, 5) is 123. The molecule has 2 aromatic rings. The van der Waals surface area contributed by atoms with Gasteiger partial charge in [0.15, 0.2) is 5.78 Å². The lowest BCUT2D eigenvalue weighted by molar-refractivity contribution is -0.139. The first-order valence-electron chi connectivity index (χ1n) is 21.8. The number of carbonyl (C=O) groups is 9. The number of aliphatic carboxylic acids is 1. The number of amides is 7. The highest BCUT2D eigenvalue weighted by Gasteiger charge is 2.49. The van der Waals surface area contributed by atoms with Crippen molar-refractivity contribution in [3.63, 3.8) is 0 Å². The van der Waals surface area contributed by atoms with Crippen LogP contribution >= 0.6 is 25.3 Å². The van der Waals surface area contributed by atoms with Gasteiger partial charge in [0.2, 0.25) is 41.4 Å². The number of halogens is 2. The van der Waals surface area contributed by atoms with E-state index in [9.17, 15) is 62.3 Å². The molecule has 1 aliphatic carbocycles. The number of aromatic nitrogens is 1. The Morgan fingerprint density at radius 1 is 0.882 bits per heavy atom. The predicted octanol–water partition coefficient (Wildman–Crippen LogP) is -0.880. The highest BCUT2D eigenvalue weighted by Crippen LogP contribution is 2.43. The minimum absolute atomic E-state index is 0.0396. The lowest BCUT2D eigenvalue weighted by Crippen LogP contribution is -2.57. The molecular weight excluding hydrogens is 933 g/mol. The number of nitrogens with one attached hydrogen (secondary N) is 6. The van der Waals surface area contributed by atoms with E-state index < -0.39 is 128 Å². The fraction of sp³-hybridized carbons (Fsp3) is 0.558. The lowest BCUT2D eigenvalue weighted by atomic mass is 9.93. The van der Waals surface area contributed by atoms with Gasteiger partial charge in [0.05, 0.1) is 42.7 Å². The van der Waals surface area contributed by atoms with E-state index in [0.717, 1.165) is 12.1 Å². The summed E-state index contributed by atoms with van der Waals surface area (Å²) in [6.45, 7) is 2.90. The summed E-state index contributed by atoms with van der Waals surface area (Å²) in [5.74, 6) is -12.1. The number of ketones is 1. The van der Waals surface area contributed by atoms with Crippen molar-refractivity contribution in [2.24, 2.45) is 11.8 Å². The van der Waals surface area contributed by atoms with E-state index in [1.807, 2.05) is 18.0 Å². The zero-order chi connectivity index (χ0) is 50.1. The van der Waals surface area contributed by atoms with Crippen LogP contribution in [0.15, 0.2) is 30.5 Å². The molecule has 2 fully saturated rings. The van der Waals surface area contributed by atoms with E-state index in [0.29, 0.717) is 50.2 Å². The molecule has 1 aromatic heterocycles. The number of rotatable bonds is 24. The van der Waals surface area contributed by atoms with Gasteiger partial charge in [-0.3, -0.25) is 53.0 Å². The van der Waals surface area contributed by atoms with Gasteiger partial charge in [0.25, 0.3) is 5.91 Å². The second kappa shape index (κ2) is 25.9. The van der Waals surface area contributed by atoms with Crippen molar-refractivity contribution in [2.45, 2.75) is 63.1 Å². The second-order valence-electron chi connectivity index (χ2n) is 16.5. The molecule has 7 N–H and O–H groups in total. The molecule has 21 nitrogen and oxygen atoms in total. The summed E-state index contributed by atoms with van der Waals surface area (Å²) in [6, 6.07) is 5.04. The van der Waals surface area contributed by atoms with Crippen molar-refractivity contribution in [3.8, 4) is 6.07 Å². The number of pyridine rings is 1.